The molecule has 0 aliphatic rings. The Bertz CT molecular complexity index is 571. The molecule has 7 heteroatoms. The predicted molar refractivity (Wildman–Crippen MR) is 102 cm³/mol. The van der Waals surface area contributed by atoms with Crippen molar-refractivity contribution in [1.82, 2.24) is 20.2 Å². The molecule has 1 aromatic heterocycles. The highest BCUT2D eigenvalue weighted by molar-refractivity contribution is 14.0. The number of halogens is 2. The Kier molecular flexibility index (Phi) is 8.91. The van der Waals surface area contributed by atoms with Crippen LogP contribution in [0.2, 0.25) is 5.02 Å². The van der Waals surface area contributed by atoms with Gasteiger partial charge in [0.05, 0.1) is 6.33 Å². The van der Waals surface area contributed by atoms with Gasteiger partial charge in [0.15, 0.2) is 5.96 Å². The molecule has 0 atom stereocenters. The van der Waals surface area contributed by atoms with E-state index < -0.39 is 0 Å². The molecule has 0 aliphatic carbocycles. The van der Waals surface area contributed by atoms with E-state index in [1.165, 1.54) is 0 Å². The number of rotatable bonds is 6. The monoisotopic (exact) mass is 433 g/mol. The van der Waals surface area contributed by atoms with Crippen LogP contribution >= 0.6 is 35.6 Å². The van der Waals surface area contributed by atoms with E-state index in [4.69, 9.17) is 11.6 Å². The quantitative estimate of drug-likeness (QED) is 0.319. The van der Waals surface area contributed by atoms with Gasteiger partial charge >= 0.3 is 0 Å². The fourth-order valence-corrected chi connectivity index (χ4v) is 2.15. The Morgan fingerprint density at radius 2 is 2.23 bits per heavy atom. The summed E-state index contributed by atoms with van der Waals surface area (Å²) < 4.78 is 2.06. The summed E-state index contributed by atoms with van der Waals surface area (Å²) in [6.07, 6.45) is 6.59. The van der Waals surface area contributed by atoms with Crippen molar-refractivity contribution in [3.05, 3.63) is 53.6 Å². The van der Waals surface area contributed by atoms with Crippen molar-refractivity contribution in [3.63, 3.8) is 0 Å². The van der Waals surface area contributed by atoms with Crippen molar-refractivity contribution in [3.8, 4) is 0 Å². The Hall–Kier alpha value is -1.28. The van der Waals surface area contributed by atoms with Crippen LogP contribution in [0.3, 0.4) is 0 Å². The van der Waals surface area contributed by atoms with Crippen LogP contribution in [0, 0.1) is 0 Å². The lowest BCUT2D eigenvalue weighted by Crippen LogP contribution is -2.37. The van der Waals surface area contributed by atoms with Gasteiger partial charge in [0.2, 0.25) is 0 Å². The zero-order chi connectivity index (χ0) is 14.9. The number of aromatic nitrogens is 2. The third-order valence-electron chi connectivity index (χ3n) is 3.02. The molecule has 1 aromatic carbocycles. The highest BCUT2D eigenvalue weighted by atomic mass is 127. The third kappa shape index (κ3) is 6.65. The lowest BCUT2D eigenvalue weighted by atomic mass is 10.2. The average molecular weight is 434 g/mol. The second-order valence-electron chi connectivity index (χ2n) is 4.64. The van der Waals surface area contributed by atoms with E-state index in [1.807, 2.05) is 36.8 Å². The highest BCUT2D eigenvalue weighted by Gasteiger charge is 1.99. The van der Waals surface area contributed by atoms with E-state index in [2.05, 4.69) is 25.2 Å². The Morgan fingerprint density at radius 3 is 2.91 bits per heavy atom. The van der Waals surface area contributed by atoms with Crippen LogP contribution in [-0.4, -0.2) is 29.1 Å². The molecule has 0 amide bonds. The van der Waals surface area contributed by atoms with Gasteiger partial charge < -0.3 is 15.2 Å². The van der Waals surface area contributed by atoms with E-state index in [0.29, 0.717) is 6.54 Å². The summed E-state index contributed by atoms with van der Waals surface area (Å²) >= 11 is 5.96. The number of nitrogens with one attached hydrogen (secondary N) is 2. The van der Waals surface area contributed by atoms with Crippen molar-refractivity contribution in [2.45, 2.75) is 19.5 Å². The zero-order valence-corrected chi connectivity index (χ0v) is 15.6. The van der Waals surface area contributed by atoms with Gasteiger partial charge in [0.25, 0.3) is 0 Å². The van der Waals surface area contributed by atoms with Crippen molar-refractivity contribution in [2.75, 3.05) is 13.6 Å². The first kappa shape index (κ1) is 18.8. The van der Waals surface area contributed by atoms with Crippen LogP contribution in [-0.2, 0) is 13.1 Å². The van der Waals surface area contributed by atoms with Crippen molar-refractivity contribution >= 4 is 41.5 Å². The maximum Gasteiger partial charge on any atom is 0.191 e. The van der Waals surface area contributed by atoms with Crippen LogP contribution in [0.1, 0.15) is 12.0 Å². The zero-order valence-electron chi connectivity index (χ0n) is 12.5. The molecule has 0 saturated carbocycles. The minimum Gasteiger partial charge on any atom is -0.356 e. The molecule has 0 spiro atoms. The molecule has 0 bridgehead atoms. The van der Waals surface area contributed by atoms with Crippen LogP contribution < -0.4 is 10.6 Å². The minimum atomic E-state index is 0. The van der Waals surface area contributed by atoms with Crippen molar-refractivity contribution < 1.29 is 0 Å². The SMILES string of the molecule is CN=C(NCCCn1ccnc1)NCc1cccc(Cl)c1.I. The van der Waals surface area contributed by atoms with Crippen LogP contribution in [0.5, 0.6) is 0 Å². The summed E-state index contributed by atoms with van der Waals surface area (Å²) in [5.74, 6) is 0.792. The summed E-state index contributed by atoms with van der Waals surface area (Å²) in [5.41, 5.74) is 1.13. The summed E-state index contributed by atoms with van der Waals surface area (Å²) in [6, 6.07) is 7.79. The largest absolute Gasteiger partial charge is 0.356 e. The van der Waals surface area contributed by atoms with E-state index in [1.54, 1.807) is 13.2 Å². The normalized spacial score (nSPS) is 10.9. The van der Waals surface area contributed by atoms with E-state index in [9.17, 15) is 0 Å². The second kappa shape index (κ2) is 10.4. The lowest BCUT2D eigenvalue weighted by Gasteiger charge is -2.12. The predicted octanol–water partition coefficient (Wildman–Crippen LogP) is 2.91. The topological polar surface area (TPSA) is 54.2 Å². The van der Waals surface area contributed by atoms with Gasteiger partial charge in [-0.05, 0) is 24.1 Å². The smallest absolute Gasteiger partial charge is 0.191 e. The number of imidazole rings is 1. The van der Waals surface area contributed by atoms with Crippen LogP contribution in [0.25, 0.3) is 0 Å². The highest BCUT2D eigenvalue weighted by Crippen LogP contribution is 2.10. The molecule has 0 saturated heterocycles. The Labute approximate surface area is 153 Å². The minimum absolute atomic E-state index is 0. The third-order valence-corrected chi connectivity index (χ3v) is 3.25. The molecule has 2 N–H and O–H groups in total. The fourth-order valence-electron chi connectivity index (χ4n) is 1.94. The fraction of sp³-hybridized carbons (Fsp3) is 0.333. The van der Waals surface area contributed by atoms with Gasteiger partial charge in [0, 0.05) is 44.1 Å². The van der Waals surface area contributed by atoms with Gasteiger partial charge in [-0.2, -0.15) is 0 Å². The van der Waals surface area contributed by atoms with Gasteiger partial charge in [-0.15, -0.1) is 24.0 Å². The number of hydrogen-bond acceptors (Lipinski definition) is 2. The van der Waals surface area contributed by atoms with Gasteiger partial charge in [-0.25, -0.2) is 4.98 Å². The Balaban J connectivity index is 0.00000242. The number of benzene rings is 1. The molecule has 0 radical (unpaired) electrons. The molecule has 1 heterocycles. The average Bonchev–Trinajstić information content (AvgIpc) is 3.00. The molecule has 5 nitrogen and oxygen atoms in total. The molecule has 0 fully saturated rings. The van der Waals surface area contributed by atoms with Gasteiger partial charge in [-0.3, -0.25) is 4.99 Å². The molecule has 2 rings (SSSR count). The van der Waals surface area contributed by atoms with Crippen molar-refractivity contribution in [2.24, 2.45) is 4.99 Å². The van der Waals surface area contributed by atoms with E-state index in [-0.39, 0.29) is 24.0 Å². The van der Waals surface area contributed by atoms with Crippen molar-refractivity contribution in [1.29, 1.82) is 0 Å². The van der Waals surface area contributed by atoms with E-state index >= 15 is 0 Å². The van der Waals surface area contributed by atoms with Gasteiger partial charge in [-0.1, -0.05) is 23.7 Å². The number of nitrogens with zero attached hydrogens (tertiary/aromatic N) is 3. The number of hydrogen-bond donors (Lipinski definition) is 2. The summed E-state index contributed by atoms with van der Waals surface area (Å²) in [4.78, 5) is 8.22. The van der Waals surface area contributed by atoms with Crippen LogP contribution in [0.15, 0.2) is 48.0 Å². The van der Waals surface area contributed by atoms with E-state index in [0.717, 1.165) is 36.1 Å². The first-order valence-corrected chi connectivity index (χ1v) is 7.30. The first-order chi connectivity index (χ1) is 10.3. The standard InChI is InChI=1S/C15H20ClN5.HI/c1-17-15(19-6-3-8-21-9-7-18-12-21)20-11-13-4-2-5-14(16)10-13;/h2,4-5,7,9-10,12H,3,6,8,11H2,1H3,(H2,17,19,20);1H. The maximum absolute atomic E-state index is 5.96. The van der Waals surface area contributed by atoms with Gasteiger partial charge in [0.1, 0.15) is 0 Å². The number of aryl methyl sites for hydroxylation is 1. The molecule has 22 heavy (non-hydrogen) atoms. The summed E-state index contributed by atoms with van der Waals surface area (Å²) in [5, 5.41) is 7.30. The Morgan fingerprint density at radius 1 is 1.36 bits per heavy atom. The van der Waals surface area contributed by atoms with Crippen LogP contribution in [0.4, 0.5) is 0 Å². The maximum atomic E-state index is 5.96. The second-order valence-corrected chi connectivity index (χ2v) is 5.07. The first-order valence-electron chi connectivity index (χ1n) is 6.92. The molecule has 0 aliphatic heterocycles. The lowest BCUT2D eigenvalue weighted by molar-refractivity contribution is 0.624. The molecule has 120 valence electrons. The molecular weight excluding hydrogens is 413 g/mol. The number of aliphatic imine (C=N–C) groups is 1. The molecule has 0 unspecified atom stereocenters. The summed E-state index contributed by atoms with van der Waals surface area (Å²) in [6.45, 7) is 2.49. The number of guanidine groups is 1. The molecule has 2 aromatic rings. The summed E-state index contributed by atoms with van der Waals surface area (Å²) in [7, 11) is 1.77. The molecular formula is C15H21ClIN5.